The van der Waals surface area contributed by atoms with E-state index in [1.807, 2.05) is 0 Å². The van der Waals surface area contributed by atoms with E-state index in [0.29, 0.717) is 0 Å². The molecule has 0 saturated carbocycles. The predicted octanol–water partition coefficient (Wildman–Crippen LogP) is 2.76. The minimum Gasteiger partial charge on any atom is -0.331 e. The molecule has 1 saturated heterocycles. The summed E-state index contributed by atoms with van der Waals surface area (Å²) in [5.41, 5.74) is 0.158. The molecule has 0 spiro atoms. The van der Waals surface area contributed by atoms with Gasteiger partial charge in [0.15, 0.2) is 11.6 Å². The Hall–Kier alpha value is -1.69. The topological polar surface area (TPSA) is 35.6 Å². The van der Waals surface area contributed by atoms with Crippen LogP contribution in [-0.4, -0.2) is 49.1 Å². The molecule has 1 fully saturated rings. The number of hydrogen-bond acceptors (Lipinski definition) is 2. The van der Waals surface area contributed by atoms with Crippen molar-refractivity contribution in [1.29, 1.82) is 0 Å². The van der Waals surface area contributed by atoms with Crippen LogP contribution in [0, 0.1) is 11.6 Å². The smallest absolute Gasteiger partial charge is 0.317 e. The Bertz CT molecular complexity index is 530. The van der Waals surface area contributed by atoms with Crippen molar-refractivity contribution in [3.63, 3.8) is 0 Å². The Morgan fingerprint density at radius 1 is 1.36 bits per heavy atom. The summed E-state index contributed by atoms with van der Waals surface area (Å²) in [6.45, 7) is 3.56. The molecule has 2 amide bonds. The summed E-state index contributed by atoms with van der Waals surface area (Å²) >= 11 is 0. The average Bonchev–Trinajstić information content (AvgIpc) is 2.50. The molecule has 4 nitrogen and oxygen atoms in total. The highest BCUT2D eigenvalue weighted by Gasteiger charge is 2.25. The molecule has 1 unspecified atom stereocenters. The third-order valence-electron chi connectivity index (χ3n) is 4.34. The maximum atomic E-state index is 13.8. The van der Waals surface area contributed by atoms with E-state index in [1.54, 1.807) is 18.9 Å². The average molecular weight is 311 g/mol. The number of nitrogens with one attached hydrogen (secondary N) is 1. The minimum atomic E-state index is -0.905. The molecular weight excluding hydrogens is 288 g/mol. The zero-order valence-corrected chi connectivity index (χ0v) is 13.3. The summed E-state index contributed by atoms with van der Waals surface area (Å²) in [4.78, 5) is 16.2. The summed E-state index contributed by atoms with van der Waals surface area (Å²) in [5.74, 6) is -1.81. The fourth-order valence-electron chi connectivity index (χ4n) is 2.77. The van der Waals surface area contributed by atoms with Crippen molar-refractivity contribution in [3.05, 3.63) is 35.4 Å². The van der Waals surface area contributed by atoms with Crippen molar-refractivity contribution in [1.82, 2.24) is 15.1 Å². The van der Waals surface area contributed by atoms with Crippen molar-refractivity contribution in [3.8, 4) is 0 Å². The van der Waals surface area contributed by atoms with E-state index in [0.717, 1.165) is 32.0 Å². The van der Waals surface area contributed by atoms with E-state index < -0.39 is 17.7 Å². The van der Waals surface area contributed by atoms with E-state index in [4.69, 9.17) is 0 Å². The van der Waals surface area contributed by atoms with Crippen LogP contribution in [0.5, 0.6) is 0 Å². The Kier molecular flexibility index (Phi) is 5.34. The highest BCUT2D eigenvalue weighted by Crippen LogP contribution is 2.20. The molecule has 0 radical (unpaired) electrons. The van der Waals surface area contributed by atoms with Gasteiger partial charge in [-0.3, -0.25) is 0 Å². The molecule has 6 heteroatoms. The maximum absolute atomic E-state index is 13.8. The van der Waals surface area contributed by atoms with Crippen LogP contribution in [0.1, 0.15) is 31.4 Å². The van der Waals surface area contributed by atoms with Crippen molar-refractivity contribution < 1.29 is 13.6 Å². The molecule has 1 aliphatic heterocycles. The maximum Gasteiger partial charge on any atom is 0.317 e. The molecule has 1 aliphatic rings. The number of urea groups is 1. The van der Waals surface area contributed by atoms with Gasteiger partial charge in [-0.1, -0.05) is 12.1 Å². The summed E-state index contributed by atoms with van der Waals surface area (Å²) in [6, 6.07) is 3.33. The van der Waals surface area contributed by atoms with E-state index >= 15 is 0 Å². The van der Waals surface area contributed by atoms with Gasteiger partial charge in [-0.25, -0.2) is 13.6 Å². The summed E-state index contributed by atoms with van der Waals surface area (Å²) in [7, 11) is 3.81. The van der Waals surface area contributed by atoms with Gasteiger partial charge in [0, 0.05) is 18.7 Å². The molecule has 22 heavy (non-hydrogen) atoms. The van der Waals surface area contributed by atoms with Crippen LogP contribution in [0.25, 0.3) is 0 Å². The number of benzene rings is 1. The molecule has 0 aromatic heterocycles. The molecule has 0 aliphatic carbocycles. The van der Waals surface area contributed by atoms with Crippen molar-refractivity contribution in [2.24, 2.45) is 0 Å². The molecule has 2 rings (SSSR count). The second-order valence-corrected chi connectivity index (χ2v) is 5.96. The van der Waals surface area contributed by atoms with E-state index in [1.165, 1.54) is 12.1 Å². The Labute approximate surface area is 130 Å². The fourth-order valence-corrected chi connectivity index (χ4v) is 2.77. The number of nitrogens with zero attached hydrogens (tertiary/aromatic N) is 2. The zero-order valence-electron chi connectivity index (χ0n) is 13.3. The van der Waals surface area contributed by atoms with Crippen LogP contribution in [0.15, 0.2) is 18.2 Å². The lowest BCUT2D eigenvalue weighted by Crippen LogP contribution is -2.48. The first-order valence-corrected chi connectivity index (χ1v) is 7.56. The second kappa shape index (κ2) is 7.05. The SMILES string of the molecule is CC(NC(=O)N(C)C1CCN(C)CC1)c1cccc(F)c1F. The van der Waals surface area contributed by atoms with Gasteiger partial charge in [0.2, 0.25) is 0 Å². The number of amides is 2. The first-order valence-electron chi connectivity index (χ1n) is 7.56. The van der Waals surface area contributed by atoms with Gasteiger partial charge < -0.3 is 15.1 Å². The highest BCUT2D eigenvalue weighted by atomic mass is 19.2. The van der Waals surface area contributed by atoms with E-state index in [2.05, 4.69) is 17.3 Å². The monoisotopic (exact) mass is 311 g/mol. The molecular formula is C16H23F2N3O. The molecule has 1 atom stereocenters. The van der Waals surface area contributed by atoms with Crippen LogP contribution >= 0.6 is 0 Å². The number of piperidine rings is 1. The summed E-state index contributed by atoms with van der Waals surface area (Å²) in [5, 5.41) is 2.74. The van der Waals surface area contributed by atoms with Crippen LogP contribution in [-0.2, 0) is 0 Å². The molecule has 1 N–H and O–H groups in total. The van der Waals surface area contributed by atoms with Crippen LogP contribution < -0.4 is 5.32 Å². The van der Waals surface area contributed by atoms with Crippen LogP contribution in [0.4, 0.5) is 13.6 Å². The highest BCUT2D eigenvalue weighted by molar-refractivity contribution is 5.74. The Morgan fingerprint density at radius 2 is 2.00 bits per heavy atom. The minimum absolute atomic E-state index is 0.158. The van der Waals surface area contributed by atoms with Gasteiger partial charge in [0.25, 0.3) is 0 Å². The molecule has 1 aromatic rings. The predicted molar refractivity (Wildman–Crippen MR) is 81.6 cm³/mol. The van der Waals surface area contributed by atoms with E-state index in [9.17, 15) is 13.6 Å². The van der Waals surface area contributed by atoms with Crippen molar-refractivity contribution >= 4 is 6.03 Å². The Morgan fingerprint density at radius 3 is 2.64 bits per heavy atom. The molecule has 0 bridgehead atoms. The third kappa shape index (κ3) is 3.74. The van der Waals surface area contributed by atoms with Gasteiger partial charge in [-0.2, -0.15) is 0 Å². The number of likely N-dealkylation sites (tertiary alicyclic amines) is 1. The normalized spacial score (nSPS) is 18.0. The summed E-state index contributed by atoms with van der Waals surface area (Å²) < 4.78 is 27.0. The largest absolute Gasteiger partial charge is 0.331 e. The van der Waals surface area contributed by atoms with Crippen LogP contribution in [0.3, 0.4) is 0 Å². The number of hydrogen-bond donors (Lipinski definition) is 1. The number of rotatable bonds is 3. The zero-order chi connectivity index (χ0) is 16.3. The lowest BCUT2D eigenvalue weighted by molar-refractivity contribution is 0.146. The number of carbonyl (C=O) groups is 1. The van der Waals surface area contributed by atoms with Crippen molar-refractivity contribution in [2.45, 2.75) is 31.8 Å². The molecule has 122 valence electrons. The number of halogens is 2. The summed E-state index contributed by atoms with van der Waals surface area (Å²) in [6.07, 6.45) is 1.84. The van der Waals surface area contributed by atoms with Gasteiger partial charge >= 0.3 is 6.03 Å². The van der Waals surface area contributed by atoms with Crippen LogP contribution in [0.2, 0.25) is 0 Å². The van der Waals surface area contributed by atoms with Gasteiger partial charge in [0.1, 0.15) is 0 Å². The second-order valence-electron chi connectivity index (χ2n) is 5.96. The van der Waals surface area contributed by atoms with E-state index in [-0.39, 0.29) is 17.6 Å². The molecule has 1 aromatic carbocycles. The van der Waals surface area contributed by atoms with Gasteiger partial charge in [0.05, 0.1) is 6.04 Å². The first kappa shape index (κ1) is 16.7. The lowest BCUT2D eigenvalue weighted by Gasteiger charge is -2.35. The lowest BCUT2D eigenvalue weighted by atomic mass is 10.0. The molecule has 1 heterocycles. The quantitative estimate of drug-likeness (QED) is 0.932. The standard InChI is InChI=1S/C16H23F2N3O/c1-11(13-5-4-6-14(17)15(13)18)19-16(22)21(3)12-7-9-20(2)10-8-12/h4-6,11-12H,7-10H2,1-3H3,(H,19,22). The van der Waals surface area contributed by atoms with Crippen molar-refractivity contribution in [2.75, 3.05) is 27.2 Å². The van der Waals surface area contributed by atoms with Gasteiger partial charge in [-0.05, 0) is 46.0 Å². The van der Waals surface area contributed by atoms with Gasteiger partial charge in [-0.15, -0.1) is 0 Å². The third-order valence-corrected chi connectivity index (χ3v) is 4.34. The Balaban J connectivity index is 1.97. The first-order chi connectivity index (χ1) is 10.4. The number of carbonyl (C=O) groups excluding carboxylic acids is 1. The fraction of sp³-hybridized carbons (Fsp3) is 0.562.